The first-order chi connectivity index (χ1) is 12.6. The van der Waals surface area contributed by atoms with Crippen molar-refractivity contribution >= 4 is 23.4 Å². The Morgan fingerprint density at radius 1 is 1.27 bits per heavy atom. The molecular formula is C19H23N3O4. The molecular weight excluding hydrogens is 334 g/mol. The molecule has 1 aliphatic heterocycles. The van der Waals surface area contributed by atoms with Gasteiger partial charge >= 0.3 is 0 Å². The van der Waals surface area contributed by atoms with Crippen molar-refractivity contribution in [2.75, 3.05) is 24.8 Å². The van der Waals surface area contributed by atoms with Gasteiger partial charge in [0.25, 0.3) is 5.91 Å². The Kier molecular flexibility index (Phi) is 5.68. The first-order valence-corrected chi connectivity index (χ1v) is 8.87. The van der Waals surface area contributed by atoms with E-state index in [1.165, 1.54) is 5.01 Å². The van der Waals surface area contributed by atoms with Crippen LogP contribution in [0.2, 0.25) is 0 Å². The van der Waals surface area contributed by atoms with Crippen LogP contribution in [0.15, 0.2) is 36.4 Å². The Morgan fingerprint density at radius 3 is 2.81 bits per heavy atom. The Balaban J connectivity index is 1.73. The molecule has 0 aromatic heterocycles. The molecule has 1 aliphatic carbocycles. The number of benzene rings is 1. The van der Waals surface area contributed by atoms with Crippen LogP contribution >= 0.6 is 0 Å². The molecule has 0 spiro atoms. The summed E-state index contributed by atoms with van der Waals surface area (Å²) in [6, 6.07) is 6.67. The van der Waals surface area contributed by atoms with Gasteiger partial charge in [-0.1, -0.05) is 18.2 Å². The number of fused-ring (bicyclic) bond motifs is 1. The summed E-state index contributed by atoms with van der Waals surface area (Å²) in [5.74, 6) is -1.22. The van der Waals surface area contributed by atoms with E-state index >= 15 is 0 Å². The molecule has 1 fully saturated rings. The van der Waals surface area contributed by atoms with Crippen molar-refractivity contribution in [1.82, 2.24) is 10.7 Å². The fraction of sp³-hybridized carbons (Fsp3) is 0.421. The van der Waals surface area contributed by atoms with E-state index in [1.54, 1.807) is 24.3 Å². The van der Waals surface area contributed by atoms with Crippen LogP contribution in [0.3, 0.4) is 0 Å². The second-order valence-corrected chi connectivity index (χ2v) is 6.31. The predicted octanol–water partition coefficient (Wildman–Crippen LogP) is 1.41. The number of amides is 3. The molecule has 0 radical (unpaired) electrons. The maximum Gasteiger partial charge on any atom is 0.251 e. The normalized spacial score (nSPS) is 22.0. The maximum absolute atomic E-state index is 12.8. The van der Waals surface area contributed by atoms with Crippen LogP contribution in [-0.4, -0.2) is 37.5 Å². The van der Waals surface area contributed by atoms with Crippen molar-refractivity contribution in [2.24, 2.45) is 11.8 Å². The number of hydrogen-bond acceptors (Lipinski definition) is 4. The molecule has 26 heavy (non-hydrogen) atoms. The number of nitrogens with one attached hydrogen (secondary N) is 2. The van der Waals surface area contributed by atoms with Crippen LogP contribution in [0.4, 0.5) is 5.69 Å². The number of carbonyl (C=O) groups is 3. The number of ether oxygens (including phenoxy) is 1. The highest BCUT2D eigenvalue weighted by Gasteiger charge is 2.42. The van der Waals surface area contributed by atoms with Gasteiger partial charge in [-0.2, -0.15) is 0 Å². The van der Waals surface area contributed by atoms with Gasteiger partial charge in [-0.3, -0.25) is 19.8 Å². The van der Waals surface area contributed by atoms with Gasteiger partial charge in [0, 0.05) is 18.7 Å². The van der Waals surface area contributed by atoms with Gasteiger partial charge in [0.2, 0.25) is 11.8 Å². The van der Waals surface area contributed by atoms with E-state index in [-0.39, 0.29) is 29.6 Å². The molecule has 7 nitrogen and oxygen atoms in total. The first kappa shape index (κ1) is 18.1. The van der Waals surface area contributed by atoms with Crippen molar-refractivity contribution < 1.29 is 19.1 Å². The summed E-state index contributed by atoms with van der Waals surface area (Å²) in [5.41, 5.74) is 3.57. The molecule has 1 aromatic carbocycles. The molecule has 2 aliphatic rings. The lowest BCUT2D eigenvalue weighted by Gasteiger charge is -2.38. The van der Waals surface area contributed by atoms with Crippen LogP contribution in [0.25, 0.3) is 0 Å². The zero-order chi connectivity index (χ0) is 18.5. The number of allylic oxidation sites excluding steroid dienone is 2. The lowest BCUT2D eigenvalue weighted by molar-refractivity contribution is -0.139. The summed E-state index contributed by atoms with van der Waals surface area (Å²) in [5, 5.41) is 4.03. The topological polar surface area (TPSA) is 87.7 Å². The smallest absolute Gasteiger partial charge is 0.251 e. The second kappa shape index (κ2) is 8.14. The first-order valence-electron chi connectivity index (χ1n) is 8.87. The number of anilines is 1. The fourth-order valence-corrected chi connectivity index (χ4v) is 3.25. The number of nitrogens with zero attached hydrogens (tertiary/aromatic N) is 1. The molecule has 0 saturated carbocycles. The lowest BCUT2D eigenvalue weighted by atomic mass is 9.80. The average molecular weight is 357 g/mol. The zero-order valence-corrected chi connectivity index (χ0v) is 14.7. The third-order valence-electron chi connectivity index (χ3n) is 4.63. The van der Waals surface area contributed by atoms with Gasteiger partial charge in [-0.05, 0) is 38.0 Å². The Bertz CT molecular complexity index is 731. The Labute approximate surface area is 152 Å². The maximum atomic E-state index is 12.8. The highest BCUT2D eigenvalue weighted by molar-refractivity contribution is 6.05. The molecule has 2 atom stereocenters. The predicted molar refractivity (Wildman–Crippen MR) is 96.3 cm³/mol. The largest absolute Gasteiger partial charge is 0.380 e. The Hall–Kier alpha value is -2.67. The van der Waals surface area contributed by atoms with E-state index in [0.29, 0.717) is 43.9 Å². The molecule has 0 bridgehead atoms. The van der Waals surface area contributed by atoms with E-state index in [2.05, 4.69) is 10.7 Å². The summed E-state index contributed by atoms with van der Waals surface area (Å²) in [6.07, 6.45) is 5.03. The van der Waals surface area contributed by atoms with Gasteiger partial charge in [-0.25, -0.2) is 5.01 Å². The van der Waals surface area contributed by atoms with Gasteiger partial charge in [0.15, 0.2) is 0 Å². The quantitative estimate of drug-likeness (QED) is 0.595. The van der Waals surface area contributed by atoms with E-state index in [4.69, 9.17) is 4.74 Å². The minimum atomic E-state index is -0.350. The van der Waals surface area contributed by atoms with Gasteiger partial charge in [0.1, 0.15) is 0 Å². The number of rotatable bonds is 6. The fourth-order valence-electron chi connectivity index (χ4n) is 3.25. The number of hydrogen-bond donors (Lipinski definition) is 2. The summed E-state index contributed by atoms with van der Waals surface area (Å²) < 4.78 is 5.19. The standard InChI is InChI=1S/C19H23N3O4/c1-2-26-11-10-20-17(23)13-6-5-7-14(12-13)22-19(25)16-9-4-3-8-15(16)18(24)21-22/h3-7,12,15-16H,2,8-11H2,1H3,(H,20,23)(H,21,24). The van der Waals surface area contributed by atoms with Crippen LogP contribution in [0, 0.1) is 11.8 Å². The van der Waals surface area contributed by atoms with Crippen molar-refractivity contribution in [3.8, 4) is 0 Å². The van der Waals surface area contributed by atoms with E-state index < -0.39 is 0 Å². The second-order valence-electron chi connectivity index (χ2n) is 6.31. The SMILES string of the molecule is CCOCCNC(=O)c1cccc(N2NC(=O)C3CC=CCC3C2=O)c1. The summed E-state index contributed by atoms with van der Waals surface area (Å²) in [7, 11) is 0. The molecule has 1 heterocycles. The van der Waals surface area contributed by atoms with Crippen LogP contribution in [0.1, 0.15) is 30.1 Å². The molecule has 1 aromatic rings. The molecule has 2 N–H and O–H groups in total. The van der Waals surface area contributed by atoms with Gasteiger partial charge in [0.05, 0.1) is 24.1 Å². The molecule has 1 saturated heterocycles. The van der Waals surface area contributed by atoms with Gasteiger partial charge < -0.3 is 10.1 Å². The molecule has 3 rings (SSSR count). The summed E-state index contributed by atoms with van der Waals surface area (Å²) >= 11 is 0. The van der Waals surface area contributed by atoms with E-state index in [9.17, 15) is 14.4 Å². The number of carbonyl (C=O) groups excluding carboxylic acids is 3. The minimum Gasteiger partial charge on any atom is -0.380 e. The third kappa shape index (κ3) is 3.77. The van der Waals surface area contributed by atoms with Crippen molar-refractivity contribution in [1.29, 1.82) is 0 Å². The zero-order valence-electron chi connectivity index (χ0n) is 14.7. The van der Waals surface area contributed by atoms with Crippen LogP contribution in [0.5, 0.6) is 0 Å². The molecule has 7 heteroatoms. The average Bonchev–Trinajstić information content (AvgIpc) is 2.68. The summed E-state index contributed by atoms with van der Waals surface area (Å²) in [4.78, 5) is 37.4. The molecule has 3 amide bonds. The number of hydrazine groups is 1. The monoisotopic (exact) mass is 357 g/mol. The van der Waals surface area contributed by atoms with Crippen LogP contribution in [-0.2, 0) is 14.3 Å². The van der Waals surface area contributed by atoms with Crippen molar-refractivity contribution in [2.45, 2.75) is 19.8 Å². The van der Waals surface area contributed by atoms with E-state index in [0.717, 1.165) is 0 Å². The van der Waals surface area contributed by atoms with Crippen LogP contribution < -0.4 is 15.8 Å². The summed E-state index contributed by atoms with van der Waals surface area (Å²) in [6.45, 7) is 3.34. The van der Waals surface area contributed by atoms with Crippen molar-refractivity contribution in [3.05, 3.63) is 42.0 Å². The molecule has 138 valence electrons. The van der Waals surface area contributed by atoms with Crippen molar-refractivity contribution in [3.63, 3.8) is 0 Å². The highest BCUT2D eigenvalue weighted by Crippen LogP contribution is 2.32. The van der Waals surface area contributed by atoms with E-state index in [1.807, 2.05) is 19.1 Å². The van der Waals surface area contributed by atoms with Gasteiger partial charge in [-0.15, -0.1) is 0 Å². The minimum absolute atomic E-state index is 0.146. The highest BCUT2D eigenvalue weighted by atomic mass is 16.5. The Morgan fingerprint density at radius 2 is 2.04 bits per heavy atom. The third-order valence-corrected chi connectivity index (χ3v) is 4.63. The lowest BCUT2D eigenvalue weighted by Crippen LogP contribution is -2.59. The molecule has 2 unspecified atom stereocenters.